The smallest absolute Gasteiger partial charge is 0.225 e. The third-order valence-electron chi connectivity index (χ3n) is 8.81. The predicted molar refractivity (Wildman–Crippen MR) is 155 cm³/mol. The van der Waals surface area contributed by atoms with Gasteiger partial charge in [0.1, 0.15) is 6.23 Å². The lowest BCUT2D eigenvalue weighted by molar-refractivity contribution is -0.00826. The molecule has 4 heterocycles. The molecule has 4 rings (SSSR count). The van der Waals surface area contributed by atoms with Crippen LogP contribution < -0.4 is 10.2 Å². The lowest BCUT2D eigenvalue weighted by Crippen LogP contribution is -2.56. The van der Waals surface area contributed by atoms with Gasteiger partial charge in [-0.1, -0.05) is 19.3 Å². The van der Waals surface area contributed by atoms with E-state index in [9.17, 15) is 5.11 Å². The molecule has 0 spiro atoms. The average Bonchev–Trinajstić information content (AvgIpc) is 3.17. The molecular weight excluding hydrogens is 476 g/mol. The normalized spacial score (nSPS) is 24.1. The molecule has 216 valence electrons. The molecule has 3 atom stereocenters. The predicted octanol–water partition coefficient (Wildman–Crippen LogP) is 4.00. The SMILES string of the molecule is CC(C)OCC(O)NCCCCCCCN1CCC(c2cnc(N3C4CCC3CN(C(C)C)C4)nc2)CC1. The summed E-state index contributed by atoms with van der Waals surface area (Å²) in [4.78, 5) is 17.6. The first-order valence-corrected chi connectivity index (χ1v) is 15.5. The van der Waals surface area contributed by atoms with Crippen LogP contribution in [0.15, 0.2) is 12.4 Å². The van der Waals surface area contributed by atoms with E-state index in [2.05, 4.69) is 46.3 Å². The molecule has 1 aromatic heterocycles. The Kier molecular flexibility index (Phi) is 11.6. The second-order valence-corrected chi connectivity index (χ2v) is 12.4. The van der Waals surface area contributed by atoms with Crippen molar-refractivity contribution in [2.45, 2.75) is 122 Å². The number of hydrogen-bond acceptors (Lipinski definition) is 8. The van der Waals surface area contributed by atoms with Crippen LogP contribution in [0.25, 0.3) is 0 Å². The number of ether oxygens (including phenoxy) is 1. The van der Waals surface area contributed by atoms with Gasteiger partial charge in [-0.05, 0) is 104 Å². The Hall–Kier alpha value is -1.32. The van der Waals surface area contributed by atoms with Crippen LogP contribution >= 0.6 is 0 Å². The van der Waals surface area contributed by atoms with Gasteiger partial charge in [0.2, 0.25) is 5.95 Å². The maximum Gasteiger partial charge on any atom is 0.225 e. The number of nitrogens with one attached hydrogen (secondary N) is 1. The summed E-state index contributed by atoms with van der Waals surface area (Å²) in [5, 5.41) is 13.0. The van der Waals surface area contributed by atoms with Crippen molar-refractivity contribution in [3.05, 3.63) is 18.0 Å². The summed E-state index contributed by atoms with van der Waals surface area (Å²) in [5.74, 6) is 1.55. The lowest BCUT2D eigenvalue weighted by Gasteiger charge is -2.42. The Balaban J connectivity index is 1.07. The Morgan fingerprint density at radius 1 is 0.921 bits per heavy atom. The van der Waals surface area contributed by atoms with E-state index in [0.29, 0.717) is 30.7 Å². The summed E-state index contributed by atoms with van der Waals surface area (Å²) in [6.07, 6.45) is 15.0. The second kappa shape index (κ2) is 14.9. The van der Waals surface area contributed by atoms with Crippen molar-refractivity contribution >= 4 is 5.95 Å². The van der Waals surface area contributed by atoms with Gasteiger partial charge in [0, 0.05) is 43.6 Å². The Labute approximate surface area is 231 Å². The van der Waals surface area contributed by atoms with E-state index in [1.165, 1.54) is 76.6 Å². The zero-order valence-corrected chi connectivity index (χ0v) is 24.5. The molecule has 0 radical (unpaired) electrons. The number of aromatic nitrogens is 2. The van der Waals surface area contributed by atoms with Gasteiger partial charge in [0.05, 0.1) is 12.7 Å². The number of unbranched alkanes of at least 4 members (excludes halogenated alkanes) is 4. The number of piperazine rings is 1. The third-order valence-corrected chi connectivity index (χ3v) is 8.81. The molecule has 8 heteroatoms. The number of piperidine rings is 1. The lowest BCUT2D eigenvalue weighted by atomic mass is 9.91. The van der Waals surface area contributed by atoms with E-state index in [-0.39, 0.29) is 6.10 Å². The highest BCUT2D eigenvalue weighted by Gasteiger charge is 2.41. The first-order chi connectivity index (χ1) is 18.4. The summed E-state index contributed by atoms with van der Waals surface area (Å²) < 4.78 is 5.42. The summed E-state index contributed by atoms with van der Waals surface area (Å²) in [7, 11) is 0. The van der Waals surface area contributed by atoms with Gasteiger partial charge in [-0.15, -0.1) is 0 Å². The molecule has 1 aromatic rings. The first-order valence-electron chi connectivity index (χ1n) is 15.5. The summed E-state index contributed by atoms with van der Waals surface area (Å²) in [5.41, 5.74) is 1.33. The number of aliphatic hydroxyl groups excluding tert-OH is 1. The van der Waals surface area contributed by atoms with E-state index in [1.807, 2.05) is 13.8 Å². The largest absolute Gasteiger partial charge is 0.376 e. The van der Waals surface area contributed by atoms with Crippen molar-refractivity contribution in [1.82, 2.24) is 25.1 Å². The molecule has 0 saturated carbocycles. The number of rotatable bonds is 15. The van der Waals surface area contributed by atoms with Gasteiger partial charge in [-0.2, -0.15) is 0 Å². The van der Waals surface area contributed by atoms with E-state index in [0.717, 1.165) is 32.0 Å². The highest BCUT2D eigenvalue weighted by molar-refractivity contribution is 5.38. The standard InChI is InChI=1S/C30H54N6O2/c1-23(2)35-20-27-10-11-28(21-35)36(27)30-32-18-26(19-33-30)25-12-16-34(17-13-25)15-9-7-5-6-8-14-31-29(37)22-38-24(3)4/h18-19,23-25,27-29,31,37H,5-17,20-22H2,1-4H3. The van der Waals surface area contributed by atoms with Gasteiger partial charge in [0.15, 0.2) is 0 Å². The van der Waals surface area contributed by atoms with E-state index in [4.69, 9.17) is 14.7 Å². The molecule has 0 amide bonds. The van der Waals surface area contributed by atoms with Gasteiger partial charge in [-0.3, -0.25) is 10.2 Å². The number of fused-ring (bicyclic) bond motifs is 2. The molecule has 2 N–H and O–H groups in total. The summed E-state index contributed by atoms with van der Waals surface area (Å²) >= 11 is 0. The Morgan fingerprint density at radius 2 is 1.55 bits per heavy atom. The fourth-order valence-electron chi connectivity index (χ4n) is 6.45. The topological polar surface area (TPSA) is 77.0 Å². The van der Waals surface area contributed by atoms with Gasteiger partial charge in [-0.25, -0.2) is 9.97 Å². The molecule has 38 heavy (non-hydrogen) atoms. The van der Waals surface area contributed by atoms with Gasteiger partial charge >= 0.3 is 0 Å². The zero-order chi connectivity index (χ0) is 26.9. The molecule has 3 unspecified atom stereocenters. The second-order valence-electron chi connectivity index (χ2n) is 12.4. The van der Waals surface area contributed by atoms with Crippen LogP contribution in [0.4, 0.5) is 5.95 Å². The van der Waals surface area contributed by atoms with Crippen LogP contribution in [0.5, 0.6) is 0 Å². The fraction of sp³-hybridized carbons (Fsp3) is 0.867. The molecule has 3 saturated heterocycles. The summed E-state index contributed by atoms with van der Waals surface area (Å²) in [6, 6.07) is 1.77. The summed E-state index contributed by atoms with van der Waals surface area (Å²) in [6.45, 7) is 15.7. The highest BCUT2D eigenvalue weighted by Crippen LogP contribution is 2.34. The van der Waals surface area contributed by atoms with Crippen molar-refractivity contribution in [3.63, 3.8) is 0 Å². The Bertz CT molecular complexity index is 784. The van der Waals surface area contributed by atoms with Crippen LogP contribution in [0, 0.1) is 0 Å². The molecule has 3 aliphatic rings. The van der Waals surface area contributed by atoms with E-state index < -0.39 is 6.23 Å². The fourth-order valence-corrected chi connectivity index (χ4v) is 6.45. The number of anilines is 1. The van der Waals surface area contributed by atoms with E-state index in [1.54, 1.807) is 0 Å². The zero-order valence-electron chi connectivity index (χ0n) is 24.5. The van der Waals surface area contributed by atoms with Crippen LogP contribution in [0.1, 0.15) is 97.0 Å². The maximum atomic E-state index is 9.83. The van der Waals surface area contributed by atoms with Crippen molar-refractivity contribution in [2.24, 2.45) is 0 Å². The molecule has 0 aromatic carbocycles. The highest BCUT2D eigenvalue weighted by atomic mass is 16.5. The molecule has 2 bridgehead atoms. The molecular formula is C30H54N6O2. The molecule has 3 aliphatic heterocycles. The number of hydrogen-bond donors (Lipinski definition) is 2. The quantitative estimate of drug-likeness (QED) is 0.260. The number of nitrogens with zero attached hydrogens (tertiary/aromatic N) is 5. The van der Waals surface area contributed by atoms with Crippen LogP contribution in [0.3, 0.4) is 0 Å². The van der Waals surface area contributed by atoms with Crippen LogP contribution in [-0.4, -0.2) is 101 Å². The maximum absolute atomic E-state index is 9.83. The minimum atomic E-state index is -0.550. The third kappa shape index (κ3) is 8.59. The van der Waals surface area contributed by atoms with E-state index >= 15 is 0 Å². The number of likely N-dealkylation sites (tertiary alicyclic amines) is 2. The van der Waals surface area contributed by atoms with Crippen molar-refractivity contribution in [3.8, 4) is 0 Å². The number of aliphatic hydroxyl groups is 1. The molecule has 0 aliphatic carbocycles. The van der Waals surface area contributed by atoms with Crippen molar-refractivity contribution in [2.75, 3.05) is 50.8 Å². The van der Waals surface area contributed by atoms with Gasteiger partial charge in [0.25, 0.3) is 0 Å². The Morgan fingerprint density at radius 3 is 2.18 bits per heavy atom. The van der Waals surface area contributed by atoms with Crippen molar-refractivity contribution in [1.29, 1.82) is 0 Å². The van der Waals surface area contributed by atoms with Crippen LogP contribution in [-0.2, 0) is 4.74 Å². The van der Waals surface area contributed by atoms with Gasteiger partial charge < -0.3 is 19.6 Å². The van der Waals surface area contributed by atoms with Crippen molar-refractivity contribution < 1.29 is 9.84 Å². The monoisotopic (exact) mass is 530 g/mol. The minimum absolute atomic E-state index is 0.161. The van der Waals surface area contributed by atoms with Crippen LogP contribution in [0.2, 0.25) is 0 Å². The molecule has 3 fully saturated rings. The molecule has 8 nitrogen and oxygen atoms in total. The average molecular weight is 531 g/mol. The first kappa shape index (κ1) is 29.7. The minimum Gasteiger partial charge on any atom is -0.376 e.